The summed E-state index contributed by atoms with van der Waals surface area (Å²) in [4.78, 5) is 30.2. The van der Waals surface area contributed by atoms with Crippen LogP contribution >= 0.6 is 0 Å². The summed E-state index contributed by atoms with van der Waals surface area (Å²) in [6.45, 7) is 1.88. The number of imidazole rings is 1. The lowest BCUT2D eigenvalue weighted by atomic mass is 9.89. The molecule has 1 aromatic heterocycles. The topological polar surface area (TPSA) is 91.7 Å². The van der Waals surface area contributed by atoms with Crippen molar-refractivity contribution in [2.75, 3.05) is 26.1 Å². The molecule has 0 saturated heterocycles. The molecule has 1 amide bonds. The van der Waals surface area contributed by atoms with Crippen LogP contribution < -0.4 is 14.8 Å². The molecule has 0 aliphatic carbocycles. The van der Waals surface area contributed by atoms with E-state index in [4.69, 9.17) is 14.2 Å². The highest BCUT2D eigenvalue weighted by molar-refractivity contribution is 6.07. The minimum atomic E-state index is -1.10. The van der Waals surface area contributed by atoms with Crippen LogP contribution in [-0.2, 0) is 14.3 Å². The van der Waals surface area contributed by atoms with E-state index in [0.29, 0.717) is 28.5 Å². The number of rotatable bonds is 5. The Bertz CT molecular complexity index is 1090. The number of ether oxygens (including phenoxy) is 3. The lowest BCUT2D eigenvalue weighted by molar-refractivity contribution is -0.152. The Kier molecular flexibility index (Phi) is 4.84. The first-order valence-corrected chi connectivity index (χ1v) is 9.25. The van der Waals surface area contributed by atoms with Gasteiger partial charge in [0.05, 0.1) is 37.9 Å². The van der Waals surface area contributed by atoms with Crippen LogP contribution in [0.4, 0.5) is 5.95 Å². The molecule has 0 bridgehead atoms. The zero-order chi connectivity index (χ0) is 20.5. The van der Waals surface area contributed by atoms with Crippen LogP contribution in [0.3, 0.4) is 0 Å². The van der Waals surface area contributed by atoms with Gasteiger partial charge < -0.3 is 18.8 Å². The summed E-state index contributed by atoms with van der Waals surface area (Å²) in [5, 5.41) is 2.75. The minimum Gasteiger partial charge on any atom is -0.497 e. The van der Waals surface area contributed by atoms with Crippen molar-refractivity contribution in [3.63, 3.8) is 0 Å². The summed E-state index contributed by atoms with van der Waals surface area (Å²) in [6, 6.07) is 12.1. The van der Waals surface area contributed by atoms with Gasteiger partial charge in [-0.1, -0.05) is 12.1 Å². The molecule has 0 fully saturated rings. The van der Waals surface area contributed by atoms with Gasteiger partial charge in [-0.05, 0) is 31.2 Å². The fraction of sp³-hybridized carbons (Fsp3) is 0.286. The molecule has 0 saturated carbocycles. The first kappa shape index (κ1) is 18.8. The highest BCUT2D eigenvalue weighted by Gasteiger charge is 2.45. The highest BCUT2D eigenvalue weighted by atomic mass is 16.5. The number of anilines is 1. The lowest BCUT2D eigenvalue weighted by Gasteiger charge is -2.33. The Labute approximate surface area is 167 Å². The van der Waals surface area contributed by atoms with Gasteiger partial charge in [0.15, 0.2) is 5.92 Å². The minimum absolute atomic E-state index is 0.173. The molecule has 3 aromatic rings. The summed E-state index contributed by atoms with van der Waals surface area (Å²) >= 11 is 0. The van der Waals surface area contributed by atoms with Crippen LogP contribution in [0.25, 0.3) is 11.0 Å². The van der Waals surface area contributed by atoms with E-state index >= 15 is 0 Å². The molecule has 0 radical (unpaired) electrons. The number of nitrogens with zero attached hydrogens (tertiary/aromatic N) is 2. The van der Waals surface area contributed by atoms with Crippen molar-refractivity contribution >= 4 is 28.9 Å². The monoisotopic (exact) mass is 395 g/mol. The van der Waals surface area contributed by atoms with Crippen molar-refractivity contribution in [1.29, 1.82) is 0 Å². The van der Waals surface area contributed by atoms with Gasteiger partial charge in [0.1, 0.15) is 11.5 Å². The van der Waals surface area contributed by atoms with Crippen LogP contribution in [-0.4, -0.2) is 42.3 Å². The van der Waals surface area contributed by atoms with Gasteiger partial charge in [0.2, 0.25) is 11.9 Å². The third-order valence-corrected chi connectivity index (χ3v) is 5.01. The van der Waals surface area contributed by atoms with Crippen molar-refractivity contribution in [2.45, 2.75) is 13.0 Å². The van der Waals surface area contributed by atoms with E-state index in [0.717, 1.165) is 5.52 Å². The maximum atomic E-state index is 12.9. The van der Waals surface area contributed by atoms with Crippen LogP contribution in [0, 0.1) is 5.92 Å². The Balaban J connectivity index is 1.98. The lowest BCUT2D eigenvalue weighted by Crippen LogP contribution is -2.43. The quantitative estimate of drug-likeness (QED) is 0.528. The van der Waals surface area contributed by atoms with Gasteiger partial charge in [-0.25, -0.2) is 4.98 Å². The summed E-state index contributed by atoms with van der Waals surface area (Å²) in [7, 11) is 3.10. The Hall–Kier alpha value is -3.55. The number of hydrogen-bond acceptors (Lipinski definition) is 6. The van der Waals surface area contributed by atoms with E-state index in [2.05, 4.69) is 10.3 Å². The first-order chi connectivity index (χ1) is 14.1. The maximum absolute atomic E-state index is 12.9. The van der Waals surface area contributed by atoms with E-state index in [1.807, 2.05) is 28.8 Å². The highest BCUT2D eigenvalue weighted by Crippen LogP contribution is 2.42. The molecule has 1 aliphatic rings. The van der Waals surface area contributed by atoms with E-state index < -0.39 is 23.8 Å². The van der Waals surface area contributed by atoms with Gasteiger partial charge in [0.25, 0.3) is 0 Å². The molecular weight excluding hydrogens is 374 g/mol. The van der Waals surface area contributed by atoms with Crippen LogP contribution in [0.15, 0.2) is 42.5 Å². The predicted octanol–water partition coefficient (Wildman–Crippen LogP) is 2.77. The molecule has 8 heteroatoms. The number of carbonyl (C=O) groups is 2. The molecule has 2 heterocycles. The zero-order valence-electron chi connectivity index (χ0n) is 16.3. The van der Waals surface area contributed by atoms with E-state index in [-0.39, 0.29) is 6.61 Å². The number of esters is 1. The number of benzene rings is 2. The largest absolute Gasteiger partial charge is 0.497 e. The molecule has 2 aromatic carbocycles. The number of para-hydroxylation sites is 2. The van der Waals surface area contributed by atoms with E-state index in [1.54, 1.807) is 32.2 Å². The molecule has 8 nitrogen and oxygen atoms in total. The summed E-state index contributed by atoms with van der Waals surface area (Å²) in [5.74, 6) is -0.677. The van der Waals surface area contributed by atoms with Crippen molar-refractivity contribution in [3.05, 3.63) is 48.0 Å². The summed E-state index contributed by atoms with van der Waals surface area (Å²) < 4.78 is 17.9. The van der Waals surface area contributed by atoms with Crippen molar-refractivity contribution in [3.8, 4) is 11.5 Å². The molecule has 1 N–H and O–H groups in total. The van der Waals surface area contributed by atoms with E-state index in [9.17, 15) is 9.59 Å². The Morgan fingerprint density at radius 2 is 1.97 bits per heavy atom. The Morgan fingerprint density at radius 3 is 2.69 bits per heavy atom. The SMILES string of the molecule is CCOC(=O)[C@H]1C(=O)Nc2nc3ccccc3n2[C@H]1c1ccc(OC)cc1OC. The fourth-order valence-corrected chi connectivity index (χ4v) is 3.74. The predicted molar refractivity (Wildman–Crippen MR) is 106 cm³/mol. The average Bonchev–Trinajstić information content (AvgIpc) is 3.10. The number of carbonyl (C=O) groups excluding carboxylic acids is 2. The number of aromatic nitrogens is 2. The summed E-state index contributed by atoms with van der Waals surface area (Å²) in [5.41, 5.74) is 2.16. The van der Waals surface area contributed by atoms with Crippen LogP contribution in [0.2, 0.25) is 0 Å². The number of nitrogens with one attached hydrogen (secondary N) is 1. The maximum Gasteiger partial charge on any atom is 0.321 e. The van der Waals surface area contributed by atoms with Crippen molar-refractivity contribution in [1.82, 2.24) is 9.55 Å². The Morgan fingerprint density at radius 1 is 1.17 bits per heavy atom. The van der Waals surface area contributed by atoms with Gasteiger partial charge in [-0.3, -0.25) is 14.9 Å². The van der Waals surface area contributed by atoms with Gasteiger partial charge in [-0.2, -0.15) is 0 Å². The third-order valence-electron chi connectivity index (χ3n) is 5.01. The average molecular weight is 395 g/mol. The number of methoxy groups -OCH3 is 2. The first-order valence-electron chi connectivity index (χ1n) is 9.25. The molecular formula is C21H21N3O5. The fourth-order valence-electron chi connectivity index (χ4n) is 3.74. The second-order valence-electron chi connectivity index (χ2n) is 6.57. The van der Waals surface area contributed by atoms with Gasteiger partial charge in [-0.15, -0.1) is 0 Å². The zero-order valence-corrected chi connectivity index (χ0v) is 16.3. The van der Waals surface area contributed by atoms with Crippen molar-refractivity contribution < 1.29 is 23.8 Å². The van der Waals surface area contributed by atoms with Crippen LogP contribution in [0.5, 0.6) is 11.5 Å². The van der Waals surface area contributed by atoms with Gasteiger partial charge >= 0.3 is 5.97 Å². The van der Waals surface area contributed by atoms with Crippen LogP contribution in [0.1, 0.15) is 18.5 Å². The number of hydrogen-bond donors (Lipinski definition) is 1. The standard InChI is InChI=1S/C21H21N3O5/c1-4-29-20(26)17-18(13-10-9-12(27-2)11-16(13)28-3)24-15-8-6-5-7-14(15)22-21(24)23-19(17)25/h5-11,17-18H,4H2,1-3H3,(H,22,23,25)/t17-,18+/m1/s1. The summed E-state index contributed by atoms with van der Waals surface area (Å²) in [6.07, 6.45) is 0. The van der Waals surface area contributed by atoms with Crippen molar-refractivity contribution in [2.24, 2.45) is 5.92 Å². The molecule has 29 heavy (non-hydrogen) atoms. The molecule has 0 spiro atoms. The van der Waals surface area contributed by atoms with E-state index in [1.165, 1.54) is 7.11 Å². The smallest absolute Gasteiger partial charge is 0.321 e. The number of amides is 1. The van der Waals surface area contributed by atoms with Gasteiger partial charge in [0, 0.05) is 11.6 Å². The second kappa shape index (κ2) is 7.46. The third kappa shape index (κ3) is 3.06. The number of fused-ring (bicyclic) bond motifs is 3. The molecule has 4 rings (SSSR count). The molecule has 2 atom stereocenters. The second-order valence-corrected chi connectivity index (χ2v) is 6.57. The molecule has 0 unspecified atom stereocenters. The molecule has 1 aliphatic heterocycles. The molecule has 150 valence electrons. The normalized spacial score (nSPS) is 18.1.